The highest BCUT2D eigenvalue weighted by Gasteiger charge is 2.18. The van der Waals surface area contributed by atoms with E-state index < -0.39 is 0 Å². The Morgan fingerprint density at radius 1 is 1.35 bits per heavy atom. The summed E-state index contributed by atoms with van der Waals surface area (Å²) in [7, 11) is 0. The smallest absolute Gasteiger partial charge is 0.138 e. The van der Waals surface area contributed by atoms with Crippen molar-refractivity contribution >= 4 is 11.3 Å². The van der Waals surface area contributed by atoms with Crippen LogP contribution in [0.3, 0.4) is 0 Å². The molecule has 1 N–H and O–H groups in total. The Balaban J connectivity index is 2.15. The summed E-state index contributed by atoms with van der Waals surface area (Å²) in [6, 6.07) is 2.53. The number of rotatable bonds is 8. The zero-order valence-corrected chi connectivity index (χ0v) is 13.4. The largest absolute Gasteiger partial charge is 0.309 e. The van der Waals surface area contributed by atoms with Crippen LogP contribution in [-0.2, 0) is 13.0 Å². The first-order valence-electron chi connectivity index (χ1n) is 7.40. The van der Waals surface area contributed by atoms with E-state index >= 15 is 0 Å². The van der Waals surface area contributed by atoms with Crippen molar-refractivity contribution in [2.24, 2.45) is 0 Å². The van der Waals surface area contributed by atoms with Crippen molar-refractivity contribution in [3.05, 3.63) is 34.0 Å². The lowest BCUT2D eigenvalue weighted by atomic mass is 10.1. The normalized spacial score (nSPS) is 12.8. The average molecular weight is 292 g/mol. The number of nitrogens with zero attached hydrogens (tertiary/aromatic N) is 3. The molecular weight excluding hydrogens is 268 g/mol. The van der Waals surface area contributed by atoms with E-state index in [2.05, 4.69) is 47.6 Å². The Labute approximate surface area is 125 Å². The van der Waals surface area contributed by atoms with Crippen LogP contribution in [-0.4, -0.2) is 21.3 Å². The predicted octanol–water partition coefficient (Wildman–Crippen LogP) is 3.34. The van der Waals surface area contributed by atoms with E-state index in [0.29, 0.717) is 6.04 Å². The molecule has 0 fully saturated rings. The van der Waals surface area contributed by atoms with E-state index in [1.807, 2.05) is 16.0 Å². The second-order valence-corrected chi connectivity index (χ2v) is 6.03. The van der Waals surface area contributed by atoms with Gasteiger partial charge in [0, 0.05) is 23.9 Å². The van der Waals surface area contributed by atoms with Gasteiger partial charge in [0.2, 0.25) is 0 Å². The van der Waals surface area contributed by atoms with E-state index in [4.69, 9.17) is 0 Å². The van der Waals surface area contributed by atoms with Gasteiger partial charge < -0.3 is 5.32 Å². The van der Waals surface area contributed by atoms with Crippen LogP contribution in [0.5, 0.6) is 0 Å². The molecule has 20 heavy (non-hydrogen) atoms. The minimum Gasteiger partial charge on any atom is -0.309 e. The van der Waals surface area contributed by atoms with Gasteiger partial charge in [-0.25, -0.2) is 4.98 Å². The second-order valence-electron chi connectivity index (χ2n) is 5.08. The van der Waals surface area contributed by atoms with Crippen LogP contribution < -0.4 is 5.32 Å². The lowest BCUT2D eigenvalue weighted by Crippen LogP contribution is -2.25. The minimum atomic E-state index is 0.342. The molecule has 0 saturated carbocycles. The number of aryl methyl sites for hydroxylation is 2. The molecule has 0 aliphatic rings. The Morgan fingerprint density at radius 2 is 2.20 bits per heavy atom. The summed E-state index contributed by atoms with van der Waals surface area (Å²) in [5.41, 5.74) is 1.37. The fourth-order valence-corrected chi connectivity index (χ4v) is 3.35. The molecule has 2 rings (SSSR count). The van der Waals surface area contributed by atoms with Crippen LogP contribution in [0.4, 0.5) is 0 Å². The Morgan fingerprint density at radius 3 is 2.85 bits per heavy atom. The molecule has 0 aliphatic carbocycles. The first-order valence-corrected chi connectivity index (χ1v) is 8.28. The Kier molecular flexibility index (Phi) is 5.73. The predicted molar refractivity (Wildman–Crippen MR) is 84.1 cm³/mol. The molecule has 0 saturated heterocycles. The van der Waals surface area contributed by atoms with Gasteiger partial charge in [-0.15, -0.1) is 11.3 Å². The lowest BCUT2D eigenvalue weighted by Gasteiger charge is -2.18. The van der Waals surface area contributed by atoms with Crippen LogP contribution in [0.2, 0.25) is 0 Å². The van der Waals surface area contributed by atoms with Crippen molar-refractivity contribution in [3.63, 3.8) is 0 Å². The summed E-state index contributed by atoms with van der Waals surface area (Å²) in [5, 5.41) is 10.1. The molecular formula is C15H24N4S. The van der Waals surface area contributed by atoms with E-state index in [-0.39, 0.29) is 0 Å². The average Bonchev–Trinajstić information content (AvgIpc) is 3.04. The minimum absolute atomic E-state index is 0.342. The summed E-state index contributed by atoms with van der Waals surface area (Å²) in [4.78, 5) is 5.86. The van der Waals surface area contributed by atoms with Crippen LogP contribution >= 0.6 is 11.3 Å². The van der Waals surface area contributed by atoms with Crippen molar-refractivity contribution in [1.82, 2.24) is 20.1 Å². The molecule has 2 aromatic heterocycles. The molecule has 0 aliphatic heterocycles. The zero-order valence-electron chi connectivity index (χ0n) is 12.6. The maximum Gasteiger partial charge on any atom is 0.138 e. The lowest BCUT2D eigenvalue weighted by molar-refractivity contribution is 0.492. The molecule has 0 bridgehead atoms. The number of thiophene rings is 1. The number of nitrogens with one attached hydrogen (secondary N) is 1. The molecule has 110 valence electrons. The van der Waals surface area contributed by atoms with Crippen molar-refractivity contribution in [2.45, 2.75) is 52.6 Å². The molecule has 2 aromatic rings. The van der Waals surface area contributed by atoms with E-state index in [9.17, 15) is 0 Å². The molecule has 1 atom stereocenters. The highest BCUT2D eigenvalue weighted by Crippen LogP contribution is 2.26. The third-order valence-corrected chi connectivity index (χ3v) is 4.51. The molecule has 2 heterocycles. The number of aromatic nitrogens is 3. The Hall–Kier alpha value is -1.20. The maximum absolute atomic E-state index is 4.44. The van der Waals surface area contributed by atoms with Crippen molar-refractivity contribution < 1.29 is 0 Å². The van der Waals surface area contributed by atoms with Crippen LogP contribution in [0.25, 0.3) is 0 Å². The van der Waals surface area contributed by atoms with Crippen LogP contribution in [0.15, 0.2) is 17.8 Å². The molecule has 5 heteroatoms. The highest BCUT2D eigenvalue weighted by atomic mass is 32.1. The van der Waals surface area contributed by atoms with Gasteiger partial charge in [0.05, 0.1) is 0 Å². The first kappa shape index (κ1) is 15.2. The molecule has 0 aromatic carbocycles. The van der Waals surface area contributed by atoms with Crippen molar-refractivity contribution in [2.75, 3.05) is 6.54 Å². The van der Waals surface area contributed by atoms with Gasteiger partial charge in [-0.3, -0.25) is 4.68 Å². The molecule has 0 spiro atoms. The SMILES string of the molecule is CCCNC(Cc1ncnn1CCC)c1sccc1C. The van der Waals surface area contributed by atoms with Gasteiger partial charge in [-0.05, 0) is 43.3 Å². The zero-order chi connectivity index (χ0) is 14.4. The summed E-state index contributed by atoms with van der Waals surface area (Å²) >= 11 is 1.83. The topological polar surface area (TPSA) is 42.7 Å². The van der Waals surface area contributed by atoms with E-state index in [0.717, 1.165) is 38.2 Å². The first-order chi connectivity index (χ1) is 9.76. The van der Waals surface area contributed by atoms with Gasteiger partial charge in [0.1, 0.15) is 12.2 Å². The third-order valence-electron chi connectivity index (χ3n) is 3.38. The summed E-state index contributed by atoms with van der Waals surface area (Å²) in [6.45, 7) is 8.53. The van der Waals surface area contributed by atoms with Gasteiger partial charge in [-0.1, -0.05) is 13.8 Å². The number of hydrogen-bond donors (Lipinski definition) is 1. The fraction of sp³-hybridized carbons (Fsp3) is 0.600. The third kappa shape index (κ3) is 3.67. The fourth-order valence-electron chi connectivity index (χ4n) is 2.34. The number of hydrogen-bond acceptors (Lipinski definition) is 4. The van der Waals surface area contributed by atoms with Crippen molar-refractivity contribution in [3.8, 4) is 0 Å². The van der Waals surface area contributed by atoms with Crippen molar-refractivity contribution in [1.29, 1.82) is 0 Å². The second kappa shape index (κ2) is 7.55. The standard InChI is InChI=1S/C15H24N4S/c1-4-7-16-13(15-12(3)6-9-20-15)10-14-17-11-18-19(14)8-5-2/h6,9,11,13,16H,4-5,7-8,10H2,1-3H3. The van der Waals surface area contributed by atoms with Gasteiger partial charge in [0.15, 0.2) is 0 Å². The highest BCUT2D eigenvalue weighted by molar-refractivity contribution is 7.10. The van der Waals surface area contributed by atoms with Gasteiger partial charge >= 0.3 is 0 Å². The molecule has 1 unspecified atom stereocenters. The molecule has 0 radical (unpaired) electrons. The quantitative estimate of drug-likeness (QED) is 0.811. The molecule has 4 nitrogen and oxygen atoms in total. The van der Waals surface area contributed by atoms with E-state index in [1.165, 1.54) is 10.4 Å². The van der Waals surface area contributed by atoms with Crippen LogP contribution in [0.1, 0.15) is 49.0 Å². The van der Waals surface area contributed by atoms with E-state index in [1.54, 1.807) is 6.33 Å². The summed E-state index contributed by atoms with van der Waals surface area (Å²) in [5.74, 6) is 1.08. The summed E-state index contributed by atoms with van der Waals surface area (Å²) < 4.78 is 2.03. The van der Waals surface area contributed by atoms with Crippen LogP contribution in [0, 0.1) is 6.92 Å². The van der Waals surface area contributed by atoms with Gasteiger partial charge in [0.25, 0.3) is 0 Å². The maximum atomic E-state index is 4.44. The Bertz CT molecular complexity index is 517. The molecule has 0 amide bonds. The van der Waals surface area contributed by atoms with Gasteiger partial charge in [-0.2, -0.15) is 5.10 Å². The summed E-state index contributed by atoms with van der Waals surface area (Å²) in [6.07, 6.45) is 4.80. The monoisotopic (exact) mass is 292 g/mol.